The van der Waals surface area contributed by atoms with Crippen molar-refractivity contribution in [3.05, 3.63) is 71.3 Å². The van der Waals surface area contributed by atoms with Crippen molar-refractivity contribution in [2.45, 2.75) is 18.2 Å². The molecule has 2 aromatic rings. The molecule has 1 heterocycles. The van der Waals surface area contributed by atoms with Gasteiger partial charge in [-0.15, -0.1) is 11.8 Å². The molecule has 2 aromatic carbocycles. The summed E-state index contributed by atoms with van der Waals surface area (Å²) in [6, 6.07) is 18.7. The number of aryl methyl sites for hydroxylation is 1. The van der Waals surface area contributed by atoms with E-state index in [1.54, 1.807) is 16.7 Å². The third-order valence-electron chi connectivity index (χ3n) is 5.01. The fourth-order valence-corrected chi connectivity index (χ4v) is 4.52. The van der Waals surface area contributed by atoms with E-state index in [4.69, 9.17) is 4.74 Å². The standard InChI is InChI=1S/C22H26N2O3S/c1-16-8-10-18(11-9-16)21(17-6-4-3-5-7-17)23-14-20(25)24-12-13-28-19(15-24)22(26)27-2/h3-11,19,21,23H,12-15H2,1-2H3/p+1/t19-,21-/m0/s1. The summed E-state index contributed by atoms with van der Waals surface area (Å²) in [7, 11) is 1.39. The van der Waals surface area contributed by atoms with Crippen molar-refractivity contribution < 1.29 is 19.6 Å². The highest BCUT2D eigenvalue weighted by molar-refractivity contribution is 8.00. The molecule has 1 saturated heterocycles. The Bertz CT molecular complexity index is 795. The highest BCUT2D eigenvalue weighted by Crippen LogP contribution is 2.20. The minimum Gasteiger partial charge on any atom is -0.468 e. The molecule has 1 fully saturated rings. The fourth-order valence-electron chi connectivity index (χ4n) is 3.40. The minimum absolute atomic E-state index is 0.0568. The number of hydrogen-bond acceptors (Lipinski definition) is 4. The average Bonchev–Trinajstić information content (AvgIpc) is 2.75. The van der Waals surface area contributed by atoms with Gasteiger partial charge in [-0.2, -0.15) is 0 Å². The quantitative estimate of drug-likeness (QED) is 0.752. The lowest BCUT2D eigenvalue weighted by Gasteiger charge is -2.30. The van der Waals surface area contributed by atoms with Crippen LogP contribution in [0.3, 0.4) is 0 Å². The van der Waals surface area contributed by atoms with Crippen LogP contribution < -0.4 is 5.32 Å². The molecule has 0 spiro atoms. The molecule has 0 radical (unpaired) electrons. The molecule has 0 saturated carbocycles. The van der Waals surface area contributed by atoms with E-state index in [0.29, 0.717) is 19.6 Å². The van der Waals surface area contributed by atoms with Gasteiger partial charge in [0, 0.05) is 30.0 Å². The van der Waals surface area contributed by atoms with E-state index in [-0.39, 0.29) is 23.2 Å². The van der Waals surface area contributed by atoms with Gasteiger partial charge in [0.1, 0.15) is 11.3 Å². The zero-order valence-corrected chi connectivity index (χ0v) is 17.2. The number of nitrogens with two attached hydrogens (primary N) is 1. The molecular formula is C22H27N2O3S+. The number of carbonyl (C=O) groups excluding carboxylic acids is 2. The van der Waals surface area contributed by atoms with E-state index in [9.17, 15) is 9.59 Å². The number of hydrogen-bond donors (Lipinski definition) is 1. The number of esters is 1. The van der Waals surface area contributed by atoms with Crippen LogP contribution >= 0.6 is 11.8 Å². The molecule has 1 aliphatic heterocycles. The highest BCUT2D eigenvalue weighted by Gasteiger charge is 2.30. The first kappa shape index (κ1) is 20.4. The monoisotopic (exact) mass is 399 g/mol. The van der Waals surface area contributed by atoms with Crippen LogP contribution in [0.1, 0.15) is 22.7 Å². The van der Waals surface area contributed by atoms with Crippen molar-refractivity contribution in [2.75, 3.05) is 32.5 Å². The number of amides is 1. The Hall–Kier alpha value is -2.31. The number of quaternary nitrogens is 1. The first-order valence-corrected chi connectivity index (χ1v) is 10.6. The SMILES string of the molecule is COC(=O)[C@@H]1CN(C(=O)C[NH2+][C@@H](c2ccccc2)c2ccc(C)cc2)CCS1. The van der Waals surface area contributed by atoms with Gasteiger partial charge in [0.25, 0.3) is 5.91 Å². The molecule has 0 aromatic heterocycles. The van der Waals surface area contributed by atoms with Crippen LogP contribution in [0.4, 0.5) is 0 Å². The molecule has 2 atom stereocenters. The molecular weight excluding hydrogens is 372 g/mol. The first-order valence-electron chi connectivity index (χ1n) is 9.50. The Labute approximate surface area is 170 Å². The van der Waals surface area contributed by atoms with Crippen LogP contribution in [0.25, 0.3) is 0 Å². The van der Waals surface area contributed by atoms with Gasteiger partial charge < -0.3 is 15.0 Å². The van der Waals surface area contributed by atoms with Crippen molar-refractivity contribution >= 4 is 23.6 Å². The molecule has 6 heteroatoms. The average molecular weight is 400 g/mol. The van der Waals surface area contributed by atoms with Crippen molar-refractivity contribution in [2.24, 2.45) is 0 Å². The topological polar surface area (TPSA) is 63.2 Å². The molecule has 3 rings (SSSR count). The summed E-state index contributed by atoms with van der Waals surface area (Å²) in [5, 5.41) is 1.79. The van der Waals surface area contributed by atoms with Gasteiger partial charge in [0.2, 0.25) is 0 Å². The smallest absolute Gasteiger partial charge is 0.320 e. The first-order chi connectivity index (χ1) is 13.6. The van der Waals surface area contributed by atoms with Gasteiger partial charge in [-0.3, -0.25) is 9.59 Å². The number of carbonyl (C=O) groups is 2. The molecule has 1 amide bonds. The predicted octanol–water partition coefficient (Wildman–Crippen LogP) is 1.76. The van der Waals surface area contributed by atoms with Crippen molar-refractivity contribution in [3.8, 4) is 0 Å². The minimum atomic E-state index is -0.287. The maximum absolute atomic E-state index is 12.8. The second-order valence-electron chi connectivity index (χ2n) is 6.96. The summed E-state index contributed by atoms with van der Waals surface area (Å²) in [4.78, 5) is 26.4. The van der Waals surface area contributed by atoms with Crippen LogP contribution in [-0.4, -0.2) is 54.5 Å². The van der Waals surface area contributed by atoms with Gasteiger partial charge in [-0.05, 0) is 6.92 Å². The Morgan fingerprint density at radius 3 is 2.50 bits per heavy atom. The Balaban J connectivity index is 1.68. The maximum atomic E-state index is 12.8. The van der Waals surface area contributed by atoms with E-state index in [1.807, 2.05) is 18.2 Å². The lowest BCUT2D eigenvalue weighted by Crippen LogP contribution is -2.88. The molecule has 0 unspecified atom stereocenters. The third kappa shape index (κ3) is 5.14. The maximum Gasteiger partial charge on any atom is 0.320 e. The van der Waals surface area contributed by atoms with Gasteiger partial charge >= 0.3 is 5.97 Å². The predicted molar refractivity (Wildman–Crippen MR) is 111 cm³/mol. The van der Waals surface area contributed by atoms with Crippen molar-refractivity contribution in [1.82, 2.24) is 4.90 Å². The molecule has 28 heavy (non-hydrogen) atoms. The van der Waals surface area contributed by atoms with Crippen LogP contribution in [0.15, 0.2) is 54.6 Å². The zero-order valence-electron chi connectivity index (χ0n) is 16.3. The van der Waals surface area contributed by atoms with Crippen LogP contribution in [0, 0.1) is 6.92 Å². The van der Waals surface area contributed by atoms with Crippen LogP contribution in [0.2, 0.25) is 0 Å². The number of nitrogens with zero attached hydrogens (tertiary/aromatic N) is 1. The van der Waals surface area contributed by atoms with Crippen molar-refractivity contribution in [3.63, 3.8) is 0 Å². The molecule has 0 aliphatic carbocycles. The van der Waals surface area contributed by atoms with Crippen LogP contribution in [0.5, 0.6) is 0 Å². The zero-order chi connectivity index (χ0) is 19.9. The van der Waals surface area contributed by atoms with Crippen LogP contribution in [-0.2, 0) is 14.3 Å². The molecule has 5 nitrogen and oxygen atoms in total. The van der Waals surface area contributed by atoms with E-state index in [1.165, 1.54) is 23.8 Å². The summed E-state index contributed by atoms with van der Waals surface area (Å²) in [6.07, 6.45) is 0. The Morgan fingerprint density at radius 1 is 1.14 bits per heavy atom. The van der Waals surface area contributed by atoms with E-state index < -0.39 is 0 Å². The van der Waals surface area contributed by atoms with E-state index in [0.717, 1.165) is 5.75 Å². The Kier molecular flexibility index (Phi) is 7.12. The fraction of sp³-hybridized carbons (Fsp3) is 0.364. The van der Waals surface area contributed by atoms with E-state index >= 15 is 0 Å². The van der Waals surface area contributed by atoms with E-state index in [2.05, 4.69) is 48.6 Å². The number of methoxy groups -OCH3 is 1. The summed E-state index contributed by atoms with van der Waals surface area (Å²) in [6.45, 7) is 3.50. The third-order valence-corrected chi connectivity index (χ3v) is 6.17. The van der Waals surface area contributed by atoms with Gasteiger partial charge in [-0.1, -0.05) is 60.2 Å². The summed E-state index contributed by atoms with van der Waals surface area (Å²) < 4.78 is 4.84. The molecule has 148 valence electrons. The number of thioether (sulfide) groups is 1. The van der Waals surface area contributed by atoms with Gasteiger partial charge in [0.05, 0.1) is 7.11 Å². The largest absolute Gasteiger partial charge is 0.468 e. The number of rotatable bonds is 6. The molecule has 1 aliphatic rings. The second kappa shape index (κ2) is 9.75. The van der Waals surface area contributed by atoms with Crippen molar-refractivity contribution in [1.29, 1.82) is 0 Å². The lowest BCUT2D eigenvalue weighted by atomic mass is 9.98. The lowest BCUT2D eigenvalue weighted by molar-refractivity contribution is -0.677. The molecule has 2 N–H and O–H groups in total. The summed E-state index contributed by atoms with van der Waals surface area (Å²) >= 11 is 1.56. The number of ether oxygens (including phenoxy) is 1. The van der Waals surface area contributed by atoms with Gasteiger partial charge in [-0.25, -0.2) is 0 Å². The number of benzene rings is 2. The second-order valence-corrected chi connectivity index (χ2v) is 8.27. The normalized spacial score (nSPS) is 17.8. The summed E-state index contributed by atoms with van der Waals surface area (Å²) in [5.41, 5.74) is 3.55. The van der Waals surface area contributed by atoms with Gasteiger partial charge in [0.15, 0.2) is 6.54 Å². The Morgan fingerprint density at radius 2 is 1.82 bits per heavy atom. The molecule has 0 bridgehead atoms. The highest BCUT2D eigenvalue weighted by atomic mass is 32.2. The summed E-state index contributed by atoms with van der Waals surface area (Å²) in [5.74, 6) is 0.557.